The molecule has 0 unspecified atom stereocenters. The first-order valence-electron chi connectivity index (χ1n) is 9.54. The van der Waals surface area contributed by atoms with Crippen LogP contribution in [0.1, 0.15) is 27.7 Å². The quantitative estimate of drug-likeness (QED) is 0.395. The van der Waals surface area contributed by atoms with E-state index in [0.29, 0.717) is 10.7 Å². The molecule has 2 aliphatic rings. The first-order valence-corrected chi connectivity index (χ1v) is 10.4. The monoisotopic (exact) mass is 435 g/mol. The summed E-state index contributed by atoms with van der Waals surface area (Å²) < 4.78 is 15.8. The number of para-hydroxylation sites is 1. The lowest BCUT2D eigenvalue weighted by Gasteiger charge is -2.43. The number of esters is 2. The normalized spacial score (nSPS) is 21.6. The summed E-state index contributed by atoms with van der Waals surface area (Å²) in [5.41, 5.74) is -0.665. The molecule has 0 saturated carbocycles. The predicted octanol–water partition coefficient (Wildman–Crippen LogP) is 2.28. The van der Waals surface area contributed by atoms with Crippen molar-refractivity contribution in [1.29, 1.82) is 0 Å². The van der Waals surface area contributed by atoms with Crippen LogP contribution in [0.3, 0.4) is 0 Å². The van der Waals surface area contributed by atoms with Crippen molar-refractivity contribution in [2.75, 3.05) is 13.4 Å². The molecular formula is C21H25NO7S. The lowest BCUT2D eigenvalue weighted by atomic mass is 9.92. The highest BCUT2D eigenvalue weighted by Gasteiger charge is 2.58. The summed E-state index contributed by atoms with van der Waals surface area (Å²) in [4.78, 5) is 38.9. The number of amides is 1. The van der Waals surface area contributed by atoms with Gasteiger partial charge in [0.25, 0.3) is 0 Å². The van der Waals surface area contributed by atoms with E-state index in [1.54, 1.807) is 39.8 Å². The topological polar surface area (TPSA) is 102 Å². The lowest BCUT2D eigenvalue weighted by Crippen LogP contribution is -2.60. The number of hydrogen-bond donors (Lipinski definition) is 1. The van der Waals surface area contributed by atoms with Crippen LogP contribution in [0.4, 0.5) is 0 Å². The summed E-state index contributed by atoms with van der Waals surface area (Å²) in [5, 5.41) is 9.51. The maximum atomic E-state index is 12.7. The van der Waals surface area contributed by atoms with Gasteiger partial charge in [0.1, 0.15) is 23.4 Å². The van der Waals surface area contributed by atoms with Gasteiger partial charge in [0.15, 0.2) is 0 Å². The molecular weight excluding hydrogens is 410 g/mol. The highest BCUT2D eigenvalue weighted by atomic mass is 32.2. The average Bonchev–Trinajstić information content (AvgIpc) is 3.00. The molecule has 3 rings (SSSR count). The van der Waals surface area contributed by atoms with Gasteiger partial charge in [-0.25, -0.2) is 4.79 Å². The largest absolute Gasteiger partial charge is 0.488 e. The molecule has 0 aliphatic carbocycles. The van der Waals surface area contributed by atoms with Crippen LogP contribution in [-0.2, 0) is 23.9 Å². The standard InChI is InChI=1S/C21H25NO7S/c1-12(23)15-17(24)22-16(19(25)28-11-29-20(26)21(2,3)4)14(30-18(15)22)10-27-13-8-6-5-7-9-13/h5-9,12,15,18,23H,10-11H2,1-4H3/t12-,15+,18-/m1/s1. The third kappa shape index (κ3) is 4.46. The molecule has 2 heterocycles. The van der Waals surface area contributed by atoms with Crippen LogP contribution >= 0.6 is 11.8 Å². The molecule has 2 aliphatic heterocycles. The van der Waals surface area contributed by atoms with Crippen molar-refractivity contribution in [3.8, 4) is 5.75 Å². The molecule has 1 aromatic carbocycles. The van der Waals surface area contributed by atoms with Gasteiger partial charge >= 0.3 is 11.9 Å². The molecule has 1 fully saturated rings. The van der Waals surface area contributed by atoms with E-state index < -0.39 is 41.5 Å². The second kappa shape index (κ2) is 8.69. The van der Waals surface area contributed by atoms with Gasteiger partial charge in [-0.1, -0.05) is 30.0 Å². The minimum absolute atomic E-state index is 0.0632. The van der Waals surface area contributed by atoms with Crippen molar-refractivity contribution < 1.29 is 33.7 Å². The fourth-order valence-corrected chi connectivity index (χ4v) is 4.55. The van der Waals surface area contributed by atoms with Crippen LogP contribution in [-0.4, -0.2) is 52.7 Å². The number of hydrogen-bond acceptors (Lipinski definition) is 8. The van der Waals surface area contributed by atoms with E-state index in [-0.39, 0.29) is 18.2 Å². The van der Waals surface area contributed by atoms with Gasteiger partial charge in [-0.15, -0.1) is 0 Å². The molecule has 3 atom stereocenters. The number of benzene rings is 1. The summed E-state index contributed by atoms with van der Waals surface area (Å²) in [5.74, 6) is -1.63. The molecule has 0 bridgehead atoms. The Hall–Kier alpha value is -2.52. The second-order valence-corrected chi connectivity index (χ2v) is 9.30. The highest BCUT2D eigenvalue weighted by molar-refractivity contribution is 8.04. The van der Waals surface area contributed by atoms with Gasteiger partial charge in [0.05, 0.1) is 22.3 Å². The maximum absolute atomic E-state index is 12.7. The highest BCUT2D eigenvalue weighted by Crippen LogP contribution is 2.50. The van der Waals surface area contributed by atoms with E-state index in [2.05, 4.69) is 0 Å². The third-order valence-electron chi connectivity index (χ3n) is 4.67. The van der Waals surface area contributed by atoms with Crippen LogP contribution in [0.2, 0.25) is 0 Å². The first kappa shape index (κ1) is 22.2. The van der Waals surface area contributed by atoms with Crippen molar-refractivity contribution in [2.45, 2.75) is 39.2 Å². The number of rotatable bonds is 7. The Morgan fingerprint density at radius 3 is 2.47 bits per heavy atom. The summed E-state index contributed by atoms with van der Waals surface area (Å²) in [7, 11) is 0. The zero-order valence-electron chi connectivity index (χ0n) is 17.3. The second-order valence-electron chi connectivity index (χ2n) is 8.09. The minimum Gasteiger partial charge on any atom is -0.488 e. The molecule has 1 amide bonds. The Balaban J connectivity index is 1.72. The Labute approximate surface area is 179 Å². The number of aliphatic hydroxyl groups is 1. The van der Waals surface area contributed by atoms with Gasteiger partial charge < -0.3 is 19.3 Å². The van der Waals surface area contributed by atoms with Crippen molar-refractivity contribution in [3.05, 3.63) is 40.9 Å². The van der Waals surface area contributed by atoms with E-state index in [4.69, 9.17) is 14.2 Å². The first-order chi connectivity index (χ1) is 14.1. The molecule has 0 aromatic heterocycles. The van der Waals surface area contributed by atoms with E-state index >= 15 is 0 Å². The fourth-order valence-electron chi connectivity index (χ4n) is 3.03. The number of thioether (sulfide) groups is 1. The van der Waals surface area contributed by atoms with E-state index in [1.807, 2.05) is 18.2 Å². The molecule has 30 heavy (non-hydrogen) atoms. The van der Waals surface area contributed by atoms with Gasteiger partial charge in [0.2, 0.25) is 12.7 Å². The van der Waals surface area contributed by atoms with Gasteiger partial charge in [0, 0.05) is 0 Å². The summed E-state index contributed by atoms with van der Waals surface area (Å²) in [6, 6.07) is 9.07. The Morgan fingerprint density at radius 2 is 1.87 bits per heavy atom. The molecule has 0 radical (unpaired) electrons. The molecule has 162 valence electrons. The van der Waals surface area contributed by atoms with Crippen LogP contribution in [0.15, 0.2) is 40.9 Å². The molecule has 9 heteroatoms. The summed E-state index contributed by atoms with van der Waals surface area (Å²) >= 11 is 1.29. The van der Waals surface area contributed by atoms with E-state index in [1.165, 1.54) is 16.7 Å². The van der Waals surface area contributed by atoms with Crippen molar-refractivity contribution in [3.63, 3.8) is 0 Å². The maximum Gasteiger partial charge on any atom is 0.358 e. The van der Waals surface area contributed by atoms with Crippen LogP contribution in [0.5, 0.6) is 5.75 Å². The number of ether oxygens (including phenoxy) is 3. The number of carbonyl (C=O) groups excluding carboxylic acids is 3. The summed E-state index contributed by atoms with van der Waals surface area (Å²) in [6.07, 6.45) is -0.842. The SMILES string of the molecule is C[C@@H](O)[C@H]1C(=O)N2C(C(=O)OCOC(=O)C(C)(C)C)=C(COc3ccccc3)S[C@H]12. The molecule has 1 saturated heterocycles. The number of aliphatic hydroxyl groups excluding tert-OH is 1. The van der Waals surface area contributed by atoms with Crippen LogP contribution in [0, 0.1) is 11.3 Å². The van der Waals surface area contributed by atoms with Crippen LogP contribution < -0.4 is 4.74 Å². The number of β-lactam (4-membered cyclic amide) rings is 1. The summed E-state index contributed by atoms with van der Waals surface area (Å²) in [6.45, 7) is 6.11. The zero-order valence-corrected chi connectivity index (χ0v) is 18.1. The van der Waals surface area contributed by atoms with E-state index in [9.17, 15) is 19.5 Å². The number of carbonyl (C=O) groups is 3. The molecule has 1 aromatic rings. The Kier molecular flexibility index (Phi) is 6.42. The van der Waals surface area contributed by atoms with E-state index in [0.717, 1.165) is 0 Å². The Bertz CT molecular complexity index is 860. The number of nitrogens with zero attached hydrogens (tertiary/aromatic N) is 1. The van der Waals surface area contributed by atoms with Crippen molar-refractivity contribution >= 4 is 29.6 Å². The smallest absolute Gasteiger partial charge is 0.358 e. The minimum atomic E-state index is -0.842. The average molecular weight is 435 g/mol. The van der Waals surface area contributed by atoms with Gasteiger partial charge in [-0.3, -0.25) is 14.5 Å². The van der Waals surface area contributed by atoms with Crippen molar-refractivity contribution in [2.24, 2.45) is 11.3 Å². The fraction of sp³-hybridized carbons (Fsp3) is 0.476. The molecule has 0 spiro atoms. The molecule has 1 N–H and O–H groups in total. The predicted molar refractivity (Wildman–Crippen MR) is 109 cm³/mol. The third-order valence-corrected chi connectivity index (χ3v) is 6.01. The zero-order chi connectivity index (χ0) is 22.1. The number of fused-ring (bicyclic) bond motifs is 1. The Morgan fingerprint density at radius 1 is 1.20 bits per heavy atom. The van der Waals surface area contributed by atoms with Crippen LogP contribution in [0.25, 0.3) is 0 Å². The van der Waals surface area contributed by atoms with Gasteiger partial charge in [-0.05, 0) is 39.8 Å². The van der Waals surface area contributed by atoms with Gasteiger partial charge in [-0.2, -0.15) is 0 Å². The van der Waals surface area contributed by atoms with Crippen molar-refractivity contribution in [1.82, 2.24) is 4.90 Å². The molecule has 8 nitrogen and oxygen atoms in total. The lowest BCUT2D eigenvalue weighted by molar-refractivity contribution is -0.174.